The zero-order valence-corrected chi connectivity index (χ0v) is 12.3. The number of hydrogen-bond acceptors (Lipinski definition) is 4. The number of carbonyl (C=O) groups is 1. The summed E-state index contributed by atoms with van der Waals surface area (Å²) in [5.41, 5.74) is 0.396. The van der Waals surface area contributed by atoms with E-state index in [2.05, 4.69) is 23.9 Å². The van der Waals surface area contributed by atoms with Crippen molar-refractivity contribution < 1.29 is 13.9 Å². The van der Waals surface area contributed by atoms with Gasteiger partial charge < -0.3 is 4.74 Å². The first-order valence-corrected chi connectivity index (χ1v) is 6.74. The van der Waals surface area contributed by atoms with Crippen molar-refractivity contribution in [1.82, 2.24) is 14.8 Å². The molecule has 0 atom stereocenters. The van der Waals surface area contributed by atoms with Crippen molar-refractivity contribution in [3.63, 3.8) is 0 Å². The molecular formula is C15H18FN3O2. The number of Topliss-reactive ketones (excluding diaryl/α,β-unsaturated/α-hetero) is 1. The van der Waals surface area contributed by atoms with Gasteiger partial charge in [0.2, 0.25) is 0 Å². The van der Waals surface area contributed by atoms with Crippen LogP contribution in [0.4, 0.5) is 4.39 Å². The minimum Gasteiger partial charge on any atom is -0.494 e. The van der Waals surface area contributed by atoms with Crippen LogP contribution in [0.1, 0.15) is 30.0 Å². The Balaban J connectivity index is 2.16. The second-order valence-corrected chi connectivity index (χ2v) is 5.20. The molecule has 112 valence electrons. The highest BCUT2D eigenvalue weighted by atomic mass is 19.1. The Kier molecular flexibility index (Phi) is 4.67. The van der Waals surface area contributed by atoms with E-state index in [1.807, 2.05) is 0 Å². The van der Waals surface area contributed by atoms with Crippen molar-refractivity contribution >= 4 is 5.78 Å². The van der Waals surface area contributed by atoms with Crippen LogP contribution in [0.3, 0.4) is 0 Å². The molecule has 5 nitrogen and oxygen atoms in total. The van der Waals surface area contributed by atoms with Gasteiger partial charge in [0.1, 0.15) is 12.2 Å². The summed E-state index contributed by atoms with van der Waals surface area (Å²) in [5.74, 6) is 0.441. The molecule has 0 amide bonds. The zero-order valence-electron chi connectivity index (χ0n) is 12.3. The number of hydrogen-bond donors (Lipinski definition) is 0. The fourth-order valence-corrected chi connectivity index (χ4v) is 2.00. The quantitative estimate of drug-likeness (QED) is 0.767. The van der Waals surface area contributed by atoms with Crippen LogP contribution in [0.15, 0.2) is 24.5 Å². The number of methoxy groups -OCH3 is 1. The van der Waals surface area contributed by atoms with E-state index < -0.39 is 5.82 Å². The molecule has 0 bridgehead atoms. The summed E-state index contributed by atoms with van der Waals surface area (Å²) in [6, 6.07) is 4.08. The van der Waals surface area contributed by atoms with Gasteiger partial charge in [-0.2, -0.15) is 5.10 Å². The average Bonchev–Trinajstić information content (AvgIpc) is 2.85. The molecule has 0 radical (unpaired) electrons. The molecule has 1 aromatic heterocycles. The van der Waals surface area contributed by atoms with Crippen molar-refractivity contribution in [3.05, 3.63) is 41.7 Å². The molecule has 0 fully saturated rings. The highest BCUT2D eigenvalue weighted by Gasteiger charge is 2.15. The first-order chi connectivity index (χ1) is 10.0. The largest absolute Gasteiger partial charge is 0.494 e. The summed E-state index contributed by atoms with van der Waals surface area (Å²) in [7, 11) is 1.37. The van der Waals surface area contributed by atoms with Gasteiger partial charge in [-0.25, -0.2) is 14.1 Å². The van der Waals surface area contributed by atoms with Crippen LogP contribution in [0.25, 0.3) is 0 Å². The molecule has 2 rings (SSSR count). The second kappa shape index (κ2) is 6.47. The normalized spacial score (nSPS) is 10.9. The molecule has 1 aromatic carbocycles. The predicted octanol–water partition coefficient (Wildman–Crippen LogP) is 2.51. The maximum atomic E-state index is 13.4. The molecule has 0 saturated heterocycles. The molecular weight excluding hydrogens is 273 g/mol. The number of ether oxygens (including phenoxy) is 1. The van der Waals surface area contributed by atoms with E-state index in [1.54, 1.807) is 4.68 Å². The Labute approximate surface area is 122 Å². The van der Waals surface area contributed by atoms with Gasteiger partial charge in [-0.05, 0) is 24.1 Å². The lowest BCUT2D eigenvalue weighted by molar-refractivity contribution is 0.0988. The van der Waals surface area contributed by atoms with Crippen LogP contribution in [0.5, 0.6) is 5.75 Å². The van der Waals surface area contributed by atoms with Crippen molar-refractivity contribution in [2.45, 2.75) is 26.8 Å². The molecule has 0 aliphatic heterocycles. The van der Waals surface area contributed by atoms with Crippen LogP contribution in [-0.4, -0.2) is 27.7 Å². The standard InChI is InChI=1S/C15H18FN3O2/c1-10(2)8-19-15(17-9-18-19)7-13(20)11-4-5-12(16)14(6-11)21-3/h4-6,9-10H,7-8H2,1-3H3. The fraction of sp³-hybridized carbons (Fsp3) is 0.400. The number of benzene rings is 1. The minimum atomic E-state index is -0.489. The number of rotatable bonds is 6. The molecule has 1 heterocycles. The molecule has 0 aliphatic carbocycles. The van der Waals surface area contributed by atoms with E-state index in [9.17, 15) is 9.18 Å². The van der Waals surface area contributed by atoms with Gasteiger partial charge >= 0.3 is 0 Å². The Morgan fingerprint density at radius 2 is 2.19 bits per heavy atom. The SMILES string of the molecule is COc1cc(C(=O)Cc2ncnn2CC(C)C)ccc1F. The van der Waals surface area contributed by atoms with Gasteiger partial charge in [0, 0.05) is 12.1 Å². The first kappa shape index (κ1) is 15.2. The van der Waals surface area contributed by atoms with Gasteiger partial charge in [0.05, 0.1) is 13.5 Å². The second-order valence-electron chi connectivity index (χ2n) is 5.20. The van der Waals surface area contributed by atoms with Gasteiger partial charge in [-0.1, -0.05) is 13.8 Å². The number of carbonyl (C=O) groups excluding carboxylic acids is 1. The molecule has 0 saturated carbocycles. The molecule has 2 aromatic rings. The summed E-state index contributed by atoms with van der Waals surface area (Å²) in [6.07, 6.45) is 1.57. The third-order valence-corrected chi connectivity index (χ3v) is 3.03. The van der Waals surface area contributed by atoms with Crippen LogP contribution in [0.2, 0.25) is 0 Å². The molecule has 6 heteroatoms. The average molecular weight is 291 g/mol. The lowest BCUT2D eigenvalue weighted by atomic mass is 10.1. The summed E-state index contributed by atoms with van der Waals surface area (Å²) in [4.78, 5) is 16.4. The molecule has 0 spiro atoms. The van der Waals surface area contributed by atoms with E-state index in [0.717, 1.165) is 0 Å². The lowest BCUT2D eigenvalue weighted by Crippen LogP contribution is -2.14. The molecule has 0 N–H and O–H groups in total. The highest BCUT2D eigenvalue weighted by Crippen LogP contribution is 2.19. The summed E-state index contributed by atoms with van der Waals surface area (Å²) in [5, 5.41) is 4.12. The van der Waals surface area contributed by atoms with E-state index in [1.165, 1.54) is 31.6 Å². The first-order valence-electron chi connectivity index (χ1n) is 6.74. The van der Waals surface area contributed by atoms with Crippen LogP contribution >= 0.6 is 0 Å². The topological polar surface area (TPSA) is 57.0 Å². The van der Waals surface area contributed by atoms with Gasteiger partial charge in [-0.15, -0.1) is 0 Å². The molecule has 0 unspecified atom stereocenters. The lowest BCUT2D eigenvalue weighted by Gasteiger charge is -2.08. The third-order valence-electron chi connectivity index (χ3n) is 3.03. The molecule has 21 heavy (non-hydrogen) atoms. The third kappa shape index (κ3) is 3.65. The van der Waals surface area contributed by atoms with E-state index in [0.29, 0.717) is 23.9 Å². The number of halogens is 1. The number of ketones is 1. The van der Waals surface area contributed by atoms with Crippen molar-refractivity contribution in [1.29, 1.82) is 0 Å². The number of nitrogens with zero attached hydrogens (tertiary/aromatic N) is 3. The van der Waals surface area contributed by atoms with Crippen molar-refractivity contribution in [2.75, 3.05) is 7.11 Å². The Hall–Kier alpha value is -2.24. The van der Waals surface area contributed by atoms with E-state index in [-0.39, 0.29) is 18.0 Å². The monoisotopic (exact) mass is 291 g/mol. The van der Waals surface area contributed by atoms with Crippen molar-refractivity contribution in [3.8, 4) is 5.75 Å². The van der Waals surface area contributed by atoms with E-state index in [4.69, 9.17) is 4.74 Å². The Morgan fingerprint density at radius 1 is 1.43 bits per heavy atom. The fourth-order valence-electron chi connectivity index (χ4n) is 2.00. The maximum Gasteiger partial charge on any atom is 0.170 e. The molecule has 0 aliphatic rings. The van der Waals surface area contributed by atoms with Crippen molar-refractivity contribution in [2.24, 2.45) is 5.92 Å². The Morgan fingerprint density at radius 3 is 2.86 bits per heavy atom. The minimum absolute atomic E-state index is 0.0597. The highest BCUT2D eigenvalue weighted by molar-refractivity contribution is 5.97. The smallest absolute Gasteiger partial charge is 0.170 e. The summed E-state index contributed by atoms with van der Waals surface area (Å²) >= 11 is 0. The summed E-state index contributed by atoms with van der Waals surface area (Å²) in [6.45, 7) is 4.84. The predicted molar refractivity (Wildman–Crippen MR) is 75.8 cm³/mol. The van der Waals surface area contributed by atoms with Crippen LogP contribution in [-0.2, 0) is 13.0 Å². The number of aromatic nitrogens is 3. The van der Waals surface area contributed by atoms with E-state index >= 15 is 0 Å². The maximum absolute atomic E-state index is 13.4. The van der Waals surface area contributed by atoms with Gasteiger partial charge in [0.15, 0.2) is 17.3 Å². The Bertz CT molecular complexity index is 638. The van der Waals surface area contributed by atoms with Gasteiger partial charge in [0.25, 0.3) is 0 Å². The van der Waals surface area contributed by atoms with Gasteiger partial charge in [-0.3, -0.25) is 4.79 Å². The summed E-state index contributed by atoms with van der Waals surface area (Å²) < 4.78 is 20.0. The van der Waals surface area contributed by atoms with Crippen LogP contribution in [0, 0.1) is 11.7 Å². The zero-order chi connectivity index (χ0) is 15.4. The van der Waals surface area contributed by atoms with Crippen LogP contribution < -0.4 is 4.74 Å².